The first-order chi connectivity index (χ1) is 8.32. The van der Waals surface area contributed by atoms with Crippen LogP contribution in [-0.2, 0) is 12.6 Å². The summed E-state index contributed by atoms with van der Waals surface area (Å²) in [6.07, 6.45) is -4.24. The fourth-order valence-corrected chi connectivity index (χ4v) is 1.54. The van der Waals surface area contributed by atoms with Crippen LogP contribution in [0.3, 0.4) is 0 Å². The highest BCUT2D eigenvalue weighted by Gasteiger charge is 2.34. The molecule has 0 aliphatic rings. The van der Waals surface area contributed by atoms with E-state index in [1.165, 1.54) is 6.07 Å². The van der Waals surface area contributed by atoms with Crippen LogP contribution in [-0.4, -0.2) is 25.7 Å². The summed E-state index contributed by atoms with van der Waals surface area (Å²) in [5.41, 5.74) is -1.16. The number of hydrogen-bond donors (Lipinski definition) is 1. The Morgan fingerprint density at radius 2 is 2.11 bits per heavy atom. The van der Waals surface area contributed by atoms with Gasteiger partial charge in [0, 0.05) is 11.8 Å². The summed E-state index contributed by atoms with van der Waals surface area (Å²) in [5.74, 6) is -1.29. The standard InChI is InChI=1S/C10H8F3N3O2/c1-2-5-3-6(9(17)18)14-8-4-7(10(11,12)13)15-16(5)8/h3-4H,2H2,1H3,(H,17,18). The van der Waals surface area contributed by atoms with E-state index in [1.807, 2.05) is 0 Å². The number of fused-ring (bicyclic) bond motifs is 1. The maximum absolute atomic E-state index is 12.5. The molecule has 0 unspecified atom stereocenters. The van der Waals surface area contributed by atoms with Crippen LogP contribution in [0.5, 0.6) is 0 Å². The zero-order chi connectivity index (χ0) is 13.5. The Labute approximate surface area is 98.9 Å². The van der Waals surface area contributed by atoms with Gasteiger partial charge in [0.1, 0.15) is 0 Å². The van der Waals surface area contributed by atoms with Gasteiger partial charge in [-0.1, -0.05) is 6.92 Å². The Hall–Kier alpha value is -2.12. The van der Waals surface area contributed by atoms with E-state index in [9.17, 15) is 18.0 Å². The SMILES string of the molecule is CCc1cc(C(=O)O)nc2cc(C(F)(F)F)nn12. The Kier molecular flexibility index (Phi) is 2.72. The van der Waals surface area contributed by atoms with E-state index >= 15 is 0 Å². The molecule has 1 N–H and O–H groups in total. The summed E-state index contributed by atoms with van der Waals surface area (Å²) in [6.45, 7) is 1.69. The van der Waals surface area contributed by atoms with Crippen molar-refractivity contribution in [3.05, 3.63) is 29.2 Å². The molecule has 8 heteroatoms. The van der Waals surface area contributed by atoms with E-state index in [0.29, 0.717) is 12.1 Å². The predicted octanol–water partition coefficient (Wildman–Crippen LogP) is 2.01. The average Bonchev–Trinajstić information content (AvgIpc) is 2.70. The van der Waals surface area contributed by atoms with Crippen LogP contribution >= 0.6 is 0 Å². The molecule has 0 aromatic carbocycles. The van der Waals surface area contributed by atoms with Gasteiger partial charge in [-0.05, 0) is 12.5 Å². The zero-order valence-corrected chi connectivity index (χ0v) is 9.19. The fraction of sp³-hybridized carbons (Fsp3) is 0.300. The summed E-state index contributed by atoms with van der Waals surface area (Å²) in [6, 6.07) is 1.94. The van der Waals surface area contributed by atoms with Crippen molar-refractivity contribution in [1.29, 1.82) is 0 Å². The molecule has 2 rings (SSSR count). The van der Waals surface area contributed by atoms with Gasteiger partial charge in [-0.2, -0.15) is 18.3 Å². The summed E-state index contributed by atoms with van der Waals surface area (Å²) in [4.78, 5) is 14.4. The average molecular weight is 259 g/mol. The molecule has 0 spiro atoms. The summed E-state index contributed by atoms with van der Waals surface area (Å²) in [7, 11) is 0. The molecule has 0 saturated carbocycles. The Balaban J connectivity index is 2.71. The van der Waals surface area contributed by atoms with Crippen LogP contribution in [0.2, 0.25) is 0 Å². The minimum absolute atomic E-state index is 0.126. The second kappa shape index (κ2) is 3.97. The van der Waals surface area contributed by atoms with E-state index in [0.717, 1.165) is 10.6 Å². The molecule has 0 saturated heterocycles. The van der Waals surface area contributed by atoms with Crippen LogP contribution in [0.4, 0.5) is 13.2 Å². The van der Waals surface area contributed by atoms with Crippen molar-refractivity contribution in [2.45, 2.75) is 19.5 Å². The van der Waals surface area contributed by atoms with Gasteiger partial charge in [0.25, 0.3) is 0 Å². The molecule has 0 aliphatic heterocycles. The molecule has 0 amide bonds. The number of rotatable bonds is 2. The number of carbonyl (C=O) groups is 1. The van der Waals surface area contributed by atoms with Crippen molar-refractivity contribution in [1.82, 2.24) is 14.6 Å². The van der Waals surface area contributed by atoms with E-state index in [2.05, 4.69) is 10.1 Å². The summed E-state index contributed by atoms with van der Waals surface area (Å²) in [5, 5.41) is 12.2. The number of carboxylic acid groups (broad SMARTS) is 1. The molecule has 0 radical (unpaired) electrons. The molecule has 2 aromatic rings. The van der Waals surface area contributed by atoms with Crippen LogP contribution < -0.4 is 0 Å². The fourth-order valence-electron chi connectivity index (χ4n) is 1.54. The van der Waals surface area contributed by atoms with Gasteiger partial charge in [0.05, 0.1) is 0 Å². The highest BCUT2D eigenvalue weighted by molar-refractivity contribution is 5.86. The van der Waals surface area contributed by atoms with Crippen molar-refractivity contribution < 1.29 is 23.1 Å². The summed E-state index contributed by atoms with van der Waals surface area (Å²) < 4.78 is 38.5. The Morgan fingerprint density at radius 1 is 1.44 bits per heavy atom. The van der Waals surface area contributed by atoms with Crippen molar-refractivity contribution in [3.8, 4) is 0 Å². The minimum atomic E-state index is -4.58. The summed E-state index contributed by atoms with van der Waals surface area (Å²) >= 11 is 0. The first-order valence-electron chi connectivity index (χ1n) is 5.03. The van der Waals surface area contributed by atoms with Gasteiger partial charge in [-0.25, -0.2) is 14.3 Å². The highest BCUT2D eigenvalue weighted by atomic mass is 19.4. The third kappa shape index (κ3) is 2.01. The molecule has 0 atom stereocenters. The topological polar surface area (TPSA) is 67.5 Å². The van der Waals surface area contributed by atoms with E-state index in [-0.39, 0.29) is 11.3 Å². The lowest BCUT2D eigenvalue weighted by Gasteiger charge is -2.03. The molecule has 2 heterocycles. The number of alkyl halides is 3. The maximum atomic E-state index is 12.5. The Morgan fingerprint density at radius 3 is 2.61 bits per heavy atom. The Bertz CT molecular complexity index is 619. The minimum Gasteiger partial charge on any atom is -0.477 e. The van der Waals surface area contributed by atoms with Gasteiger partial charge < -0.3 is 5.11 Å². The van der Waals surface area contributed by atoms with Crippen LogP contribution in [0.1, 0.15) is 28.8 Å². The number of halogens is 3. The lowest BCUT2D eigenvalue weighted by atomic mass is 10.2. The second-order valence-corrected chi connectivity index (χ2v) is 3.59. The first kappa shape index (κ1) is 12.3. The van der Waals surface area contributed by atoms with Gasteiger partial charge in [0.15, 0.2) is 17.0 Å². The second-order valence-electron chi connectivity index (χ2n) is 3.59. The third-order valence-corrected chi connectivity index (χ3v) is 2.37. The van der Waals surface area contributed by atoms with Crippen LogP contribution in [0.25, 0.3) is 5.65 Å². The van der Waals surface area contributed by atoms with E-state index in [4.69, 9.17) is 5.11 Å². The molecule has 5 nitrogen and oxygen atoms in total. The molecule has 18 heavy (non-hydrogen) atoms. The van der Waals surface area contributed by atoms with Gasteiger partial charge in [0.2, 0.25) is 0 Å². The van der Waals surface area contributed by atoms with Crippen molar-refractivity contribution in [2.24, 2.45) is 0 Å². The molecule has 0 bridgehead atoms. The highest BCUT2D eigenvalue weighted by Crippen LogP contribution is 2.28. The van der Waals surface area contributed by atoms with Crippen molar-refractivity contribution in [3.63, 3.8) is 0 Å². The number of aryl methyl sites for hydroxylation is 1. The molecule has 96 valence electrons. The zero-order valence-electron chi connectivity index (χ0n) is 9.19. The number of aromatic carboxylic acids is 1. The molecule has 2 aromatic heterocycles. The third-order valence-electron chi connectivity index (χ3n) is 2.37. The quantitative estimate of drug-likeness (QED) is 0.895. The largest absolute Gasteiger partial charge is 0.477 e. The van der Waals surface area contributed by atoms with Gasteiger partial charge >= 0.3 is 12.1 Å². The van der Waals surface area contributed by atoms with Gasteiger partial charge in [-0.3, -0.25) is 0 Å². The molecular formula is C10H8F3N3O2. The number of hydrogen-bond acceptors (Lipinski definition) is 3. The molecule has 0 fully saturated rings. The van der Waals surface area contributed by atoms with E-state index in [1.54, 1.807) is 6.92 Å². The smallest absolute Gasteiger partial charge is 0.435 e. The first-order valence-corrected chi connectivity index (χ1v) is 5.03. The van der Waals surface area contributed by atoms with Gasteiger partial charge in [-0.15, -0.1) is 0 Å². The molecule has 0 aliphatic carbocycles. The van der Waals surface area contributed by atoms with Crippen molar-refractivity contribution in [2.75, 3.05) is 0 Å². The number of aromatic nitrogens is 3. The number of nitrogens with zero attached hydrogens (tertiary/aromatic N) is 3. The maximum Gasteiger partial charge on any atom is 0.435 e. The van der Waals surface area contributed by atoms with Crippen LogP contribution in [0.15, 0.2) is 12.1 Å². The number of carboxylic acids is 1. The normalized spacial score (nSPS) is 12.0. The monoisotopic (exact) mass is 259 g/mol. The van der Waals surface area contributed by atoms with E-state index < -0.39 is 17.8 Å². The lowest BCUT2D eigenvalue weighted by molar-refractivity contribution is -0.141. The van der Waals surface area contributed by atoms with Crippen molar-refractivity contribution >= 4 is 11.6 Å². The predicted molar refractivity (Wildman–Crippen MR) is 54.3 cm³/mol. The molecular weight excluding hydrogens is 251 g/mol. The lowest BCUT2D eigenvalue weighted by Crippen LogP contribution is -2.08. The van der Waals surface area contributed by atoms with Crippen LogP contribution in [0, 0.1) is 0 Å².